The van der Waals surface area contributed by atoms with Gasteiger partial charge in [0.25, 0.3) is 0 Å². The maximum atomic E-state index is 13.8. The molecule has 5 heteroatoms. The first-order chi connectivity index (χ1) is 10.2. The number of pyridine rings is 1. The van der Waals surface area contributed by atoms with Crippen LogP contribution in [0.5, 0.6) is 5.75 Å². The number of hydrogen-bond acceptors (Lipinski definition) is 3. The Morgan fingerprint density at radius 1 is 1.19 bits per heavy atom. The van der Waals surface area contributed by atoms with Crippen LogP contribution < -0.4 is 10.1 Å². The van der Waals surface area contributed by atoms with Gasteiger partial charge in [0.1, 0.15) is 11.9 Å². The molecule has 0 spiro atoms. The second-order valence-electron chi connectivity index (χ2n) is 5.15. The number of ether oxygens (including phenoxy) is 1. The molecule has 1 fully saturated rings. The van der Waals surface area contributed by atoms with Gasteiger partial charge in [-0.15, -0.1) is 0 Å². The standard InChI is InChI=1S/C16H16F2N2O/c17-13-1-2-15(14(18)9-13)21-16(12-5-8-20-10-12)11-3-6-19-7-4-11/h1-4,6-7,9,12,16,20H,5,8,10H2. The Labute approximate surface area is 122 Å². The Bertz CT molecular complexity index is 600. The number of benzene rings is 1. The molecule has 1 saturated heterocycles. The van der Waals surface area contributed by atoms with Crippen LogP contribution in [0.3, 0.4) is 0 Å². The molecule has 0 aliphatic carbocycles. The van der Waals surface area contributed by atoms with Gasteiger partial charge in [0.05, 0.1) is 0 Å². The van der Waals surface area contributed by atoms with Crippen molar-refractivity contribution in [3.05, 3.63) is 59.9 Å². The zero-order valence-electron chi connectivity index (χ0n) is 11.4. The maximum Gasteiger partial charge on any atom is 0.168 e. The molecule has 1 aromatic carbocycles. The number of nitrogens with zero attached hydrogens (tertiary/aromatic N) is 1. The van der Waals surface area contributed by atoms with Crippen molar-refractivity contribution in [3.8, 4) is 5.75 Å². The topological polar surface area (TPSA) is 34.1 Å². The summed E-state index contributed by atoms with van der Waals surface area (Å²) in [7, 11) is 0. The third-order valence-electron chi connectivity index (χ3n) is 3.71. The first kappa shape index (κ1) is 13.9. The molecule has 0 saturated carbocycles. The maximum absolute atomic E-state index is 13.8. The van der Waals surface area contributed by atoms with Crippen molar-refractivity contribution in [2.45, 2.75) is 12.5 Å². The normalized spacial score (nSPS) is 19.4. The van der Waals surface area contributed by atoms with E-state index in [1.807, 2.05) is 12.1 Å². The number of aromatic nitrogens is 1. The summed E-state index contributed by atoms with van der Waals surface area (Å²) in [5.74, 6) is -0.968. The van der Waals surface area contributed by atoms with E-state index in [1.165, 1.54) is 12.1 Å². The molecule has 3 rings (SSSR count). The Morgan fingerprint density at radius 2 is 2.00 bits per heavy atom. The number of rotatable bonds is 4. The highest BCUT2D eigenvalue weighted by Gasteiger charge is 2.28. The first-order valence-corrected chi connectivity index (χ1v) is 6.96. The lowest BCUT2D eigenvalue weighted by Crippen LogP contribution is -2.21. The van der Waals surface area contributed by atoms with E-state index in [2.05, 4.69) is 10.3 Å². The second-order valence-corrected chi connectivity index (χ2v) is 5.15. The zero-order chi connectivity index (χ0) is 14.7. The summed E-state index contributed by atoms with van der Waals surface area (Å²) in [4.78, 5) is 4.00. The highest BCUT2D eigenvalue weighted by Crippen LogP contribution is 2.33. The summed E-state index contributed by atoms with van der Waals surface area (Å²) >= 11 is 0. The van der Waals surface area contributed by atoms with Crippen LogP contribution in [0.25, 0.3) is 0 Å². The molecular weight excluding hydrogens is 274 g/mol. The van der Waals surface area contributed by atoms with Gasteiger partial charge < -0.3 is 10.1 Å². The molecule has 0 radical (unpaired) electrons. The van der Waals surface area contributed by atoms with Gasteiger partial charge >= 0.3 is 0 Å². The molecule has 21 heavy (non-hydrogen) atoms. The molecule has 2 unspecified atom stereocenters. The SMILES string of the molecule is Fc1ccc(OC(c2ccncc2)C2CCNC2)c(F)c1. The van der Waals surface area contributed by atoms with Crippen LogP contribution in [0, 0.1) is 17.6 Å². The van der Waals surface area contributed by atoms with E-state index in [0.29, 0.717) is 0 Å². The van der Waals surface area contributed by atoms with Gasteiger partial charge in [-0.2, -0.15) is 0 Å². The summed E-state index contributed by atoms with van der Waals surface area (Å²) in [6.07, 6.45) is 4.06. The molecule has 0 amide bonds. The number of nitrogens with one attached hydrogen (secondary N) is 1. The van der Waals surface area contributed by atoms with Gasteiger partial charge in [-0.3, -0.25) is 4.98 Å². The van der Waals surface area contributed by atoms with Crippen molar-refractivity contribution in [1.82, 2.24) is 10.3 Å². The van der Waals surface area contributed by atoms with E-state index in [0.717, 1.165) is 31.1 Å². The van der Waals surface area contributed by atoms with Crippen molar-refractivity contribution in [1.29, 1.82) is 0 Å². The lowest BCUT2D eigenvalue weighted by molar-refractivity contribution is 0.138. The summed E-state index contributed by atoms with van der Waals surface area (Å²) in [6.45, 7) is 1.73. The van der Waals surface area contributed by atoms with Crippen LogP contribution in [0.2, 0.25) is 0 Å². The van der Waals surface area contributed by atoms with Crippen molar-refractivity contribution in [2.24, 2.45) is 5.92 Å². The smallest absolute Gasteiger partial charge is 0.168 e. The Balaban J connectivity index is 1.88. The quantitative estimate of drug-likeness (QED) is 0.939. The predicted octanol–water partition coefficient (Wildman–Crippen LogP) is 3.09. The molecule has 1 aromatic heterocycles. The van der Waals surface area contributed by atoms with Gasteiger partial charge in [0, 0.05) is 30.9 Å². The van der Waals surface area contributed by atoms with E-state index in [-0.39, 0.29) is 17.8 Å². The van der Waals surface area contributed by atoms with Crippen molar-refractivity contribution < 1.29 is 13.5 Å². The van der Waals surface area contributed by atoms with Crippen LogP contribution in [-0.4, -0.2) is 18.1 Å². The first-order valence-electron chi connectivity index (χ1n) is 6.96. The molecule has 1 aliphatic heterocycles. The van der Waals surface area contributed by atoms with Crippen LogP contribution in [0.15, 0.2) is 42.7 Å². The highest BCUT2D eigenvalue weighted by molar-refractivity contribution is 5.27. The minimum absolute atomic E-state index is 0.0742. The molecule has 0 bridgehead atoms. The average Bonchev–Trinajstić information content (AvgIpc) is 3.01. The van der Waals surface area contributed by atoms with Crippen LogP contribution in [0.1, 0.15) is 18.1 Å². The zero-order valence-corrected chi connectivity index (χ0v) is 11.4. The van der Waals surface area contributed by atoms with E-state index in [4.69, 9.17) is 4.74 Å². The summed E-state index contributed by atoms with van der Waals surface area (Å²) in [5.41, 5.74) is 0.947. The Morgan fingerprint density at radius 3 is 2.67 bits per heavy atom. The molecule has 3 nitrogen and oxygen atoms in total. The minimum atomic E-state index is -0.681. The van der Waals surface area contributed by atoms with Gasteiger partial charge in [0.15, 0.2) is 11.6 Å². The number of hydrogen-bond donors (Lipinski definition) is 1. The second kappa shape index (κ2) is 6.18. The number of halogens is 2. The summed E-state index contributed by atoms with van der Waals surface area (Å²) in [6, 6.07) is 7.11. The molecule has 2 heterocycles. The monoisotopic (exact) mass is 290 g/mol. The Kier molecular flexibility index (Phi) is 4.10. The van der Waals surface area contributed by atoms with Crippen molar-refractivity contribution in [3.63, 3.8) is 0 Å². The fourth-order valence-electron chi connectivity index (χ4n) is 2.63. The predicted molar refractivity (Wildman–Crippen MR) is 74.9 cm³/mol. The summed E-state index contributed by atoms with van der Waals surface area (Å²) < 4.78 is 32.7. The van der Waals surface area contributed by atoms with E-state index >= 15 is 0 Å². The third-order valence-corrected chi connectivity index (χ3v) is 3.71. The fourth-order valence-corrected chi connectivity index (χ4v) is 2.63. The molecular formula is C16H16F2N2O. The van der Waals surface area contributed by atoms with E-state index < -0.39 is 11.6 Å². The van der Waals surface area contributed by atoms with Crippen LogP contribution >= 0.6 is 0 Å². The lowest BCUT2D eigenvalue weighted by Gasteiger charge is -2.25. The lowest BCUT2D eigenvalue weighted by atomic mass is 9.95. The molecule has 1 aliphatic rings. The molecule has 1 N–H and O–H groups in total. The highest BCUT2D eigenvalue weighted by atomic mass is 19.1. The Hall–Kier alpha value is -2.01. The van der Waals surface area contributed by atoms with Crippen LogP contribution in [-0.2, 0) is 0 Å². The van der Waals surface area contributed by atoms with Crippen molar-refractivity contribution >= 4 is 0 Å². The fraction of sp³-hybridized carbons (Fsp3) is 0.312. The summed E-state index contributed by atoms with van der Waals surface area (Å²) in [5, 5.41) is 3.28. The molecule has 2 atom stereocenters. The van der Waals surface area contributed by atoms with Gasteiger partial charge in [-0.25, -0.2) is 8.78 Å². The molecule has 2 aromatic rings. The minimum Gasteiger partial charge on any atom is -0.482 e. The van der Waals surface area contributed by atoms with E-state index in [1.54, 1.807) is 12.4 Å². The largest absolute Gasteiger partial charge is 0.482 e. The third kappa shape index (κ3) is 3.19. The van der Waals surface area contributed by atoms with Gasteiger partial charge in [0.2, 0.25) is 0 Å². The average molecular weight is 290 g/mol. The van der Waals surface area contributed by atoms with Crippen molar-refractivity contribution in [2.75, 3.05) is 13.1 Å². The van der Waals surface area contributed by atoms with Crippen LogP contribution in [0.4, 0.5) is 8.78 Å². The van der Waals surface area contributed by atoms with E-state index in [9.17, 15) is 8.78 Å². The molecule has 110 valence electrons. The van der Waals surface area contributed by atoms with Gasteiger partial charge in [-0.05, 0) is 42.8 Å². The van der Waals surface area contributed by atoms with Gasteiger partial charge in [-0.1, -0.05) is 0 Å².